The molecule has 0 bridgehead atoms. The first-order chi connectivity index (χ1) is 11.0. The Bertz CT molecular complexity index is 612. The minimum Gasteiger partial charge on any atom is -0.304 e. The predicted molar refractivity (Wildman–Crippen MR) is 83.9 cm³/mol. The van der Waals surface area contributed by atoms with Gasteiger partial charge in [-0.3, -0.25) is 4.57 Å². The van der Waals surface area contributed by atoms with Gasteiger partial charge in [-0.05, 0) is 39.5 Å². The molecule has 0 atom stereocenters. The van der Waals surface area contributed by atoms with Crippen LogP contribution in [-0.2, 0) is 0 Å². The van der Waals surface area contributed by atoms with E-state index in [1.165, 1.54) is 0 Å². The third-order valence-electron chi connectivity index (χ3n) is 4.58. The average Bonchev–Trinajstić information content (AvgIpc) is 3.18. The van der Waals surface area contributed by atoms with Crippen molar-refractivity contribution in [2.45, 2.75) is 63.6 Å². The Morgan fingerprint density at radius 2 is 1.96 bits per heavy atom. The van der Waals surface area contributed by atoms with E-state index in [4.69, 9.17) is 0 Å². The summed E-state index contributed by atoms with van der Waals surface area (Å²) in [6.45, 7) is 3.13. The number of alkyl halides is 2. The highest BCUT2D eigenvalue weighted by atomic mass is 19.3. The maximum absolute atomic E-state index is 13.0. The number of halogens is 2. The van der Waals surface area contributed by atoms with Crippen molar-refractivity contribution >= 4 is 0 Å². The third kappa shape index (κ3) is 3.44. The molecule has 0 radical (unpaired) electrons. The van der Waals surface area contributed by atoms with Crippen molar-refractivity contribution in [3.8, 4) is 5.82 Å². The molecule has 3 rings (SSSR count). The first kappa shape index (κ1) is 16.1. The number of imidazole rings is 1. The van der Waals surface area contributed by atoms with Crippen LogP contribution < -0.4 is 5.32 Å². The summed E-state index contributed by atoms with van der Waals surface area (Å²) in [6, 6.07) is 2.41. The van der Waals surface area contributed by atoms with E-state index in [2.05, 4.69) is 15.4 Å². The summed E-state index contributed by atoms with van der Waals surface area (Å²) in [5, 5.41) is 7.56. The van der Waals surface area contributed by atoms with Gasteiger partial charge in [-0.1, -0.05) is 0 Å². The molecule has 7 heteroatoms. The molecule has 5 nitrogen and oxygen atoms in total. The number of hydrogen-bond donors (Lipinski definition) is 1. The fraction of sp³-hybridized carbons (Fsp3) is 0.625. The lowest BCUT2D eigenvalue weighted by atomic mass is 9.89. The first-order valence-corrected chi connectivity index (χ1v) is 8.05. The van der Waals surface area contributed by atoms with Gasteiger partial charge >= 0.3 is 0 Å². The zero-order valence-corrected chi connectivity index (χ0v) is 13.5. The lowest BCUT2D eigenvalue weighted by Crippen LogP contribution is -2.51. The summed E-state index contributed by atoms with van der Waals surface area (Å²) in [5.74, 6) is 0.992. The quantitative estimate of drug-likeness (QED) is 0.919. The molecule has 2 aromatic rings. The third-order valence-corrected chi connectivity index (χ3v) is 4.58. The molecule has 0 spiro atoms. The number of nitrogens with one attached hydrogen (secondary N) is 1. The fourth-order valence-electron chi connectivity index (χ4n) is 3.24. The summed E-state index contributed by atoms with van der Waals surface area (Å²) in [7, 11) is 0. The summed E-state index contributed by atoms with van der Waals surface area (Å²) >= 11 is 0. The lowest BCUT2D eigenvalue weighted by molar-refractivity contribution is 0.0388. The number of hydrogen-bond acceptors (Lipinski definition) is 3. The summed E-state index contributed by atoms with van der Waals surface area (Å²) in [6.07, 6.45) is 8.44. The van der Waals surface area contributed by atoms with Crippen LogP contribution in [0.15, 0.2) is 31.0 Å². The lowest BCUT2D eigenvalue weighted by Gasteiger charge is -2.36. The Kier molecular flexibility index (Phi) is 4.48. The molecule has 0 amide bonds. The molecule has 1 aliphatic rings. The summed E-state index contributed by atoms with van der Waals surface area (Å²) in [4.78, 5) is 4.07. The Balaban J connectivity index is 1.63. The molecular formula is C16H23F2N5. The molecule has 1 fully saturated rings. The van der Waals surface area contributed by atoms with Crippen LogP contribution in [0, 0.1) is 0 Å². The van der Waals surface area contributed by atoms with Crippen molar-refractivity contribution in [1.82, 2.24) is 24.6 Å². The highest BCUT2D eigenvalue weighted by molar-refractivity contribution is 5.21. The molecule has 0 aromatic carbocycles. The van der Waals surface area contributed by atoms with Crippen LogP contribution in [0.4, 0.5) is 8.78 Å². The monoisotopic (exact) mass is 323 g/mol. The van der Waals surface area contributed by atoms with E-state index in [0.29, 0.717) is 6.04 Å². The van der Waals surface area contributed by atoms with E-state index in [1.54, 1.807) is 32.6 Å². The standard InChI is InChI=1S/C16H23F2N5/c1-16(2,15(17)18)21-12-3-5-13(6-4-12)23-14(7-8-20-23)22-10-9-19-11-22/h7-13,15,21H,3-6H2,1-2H3. The number of aromatic nitrogens is 4. The molecule has 0 saturated heterocycles. The fourth-order valence-corrected chi connectivity index (χ4v) is 3.24. The maximum atomic E-state index is 13.0. The van der Waals surface area contributed by atoms with E-state index in [-0.39, 0.29) is 6.04 Å². The van der Waals surface area contributed by atoms with Gasteiger partial charge in [-0.2, -0.15) is 5.10 Å². The highest BCUT2D eigenvalue weighted by Crippen LogP contribution is 2.31. The van der Waals surface area contributed by atoms with Gasteiger partial charge in [0.05, 0.1) is 17.8 Å². The van der Waals surface area contributed by atoms with E-state index >= 15 is 0 Å². The van der Waals surface area contributed by atoms with E-state index in [0.717, 1.165) is 31.5 Å². The van der Waals surface area contributed by atoms with Crippen LogP contribution >= 0.6 is 0 Å². The van der Waals surface area contributed by atoms with Gasteiger partial charge in [0.2, 0.25) is 0 Å². The van der Waals surface area contributed by atoms with Crippen molar-refractivity contribution < 1.29 is 8.78 Å². The molecule has 126 valence electrons. The molecule has 1 saturated carbocycles. The van der Waals surface area contributed by atoms with Crippen LogP contribution in [0.2, 0.25) is 0 Å². The second-order valence-corrected chi connectivity index (χ2v) is 6.78. The molecular weight excluding hydrogens is 300 g/mol. The van der Waals surface area contributed by atoms with Crippen LogP contribution in [0.1, 0.15) is 45.6 Å². The molecule has 0 unspecified atom stereocenters. The average molecular weight is 323 g/mol. The van der Waals surface area contributed by atoms with Crippen molar-refractivity contribution in [2.24, 2.45) is 0 Å². The molecule has 23 heavy (non-hydrogen) atoms. The first-order valence-electron chi connectivity index (χ1n) is 8.05. The zero-order valence-electron chi connectivity index (χ0n) is 13.5. The Labute approximate surface area is 134 Å². The summed E-state index contributed by atoms with van der Waals surface area (Å²) in [5.41, 5.74) is -1.13. The Morgan fingerprint density at radius 3 is 2.57 bits per heavy atom. The van der Waals surface area contributed by atoms with Crippen LogP contribution in [0.25, 0.3) is 5.82 Å². The van der Waals surface area contributed by atoms with Gasteiger partial charge in [-0.25, -0.2) is 18.4 Å². The Morgan fingerprint density at radius 1 is 1.22 bits per heavy atom. The minimum absolute atomic E-state index is 0.141. The highest BCUT2D eigenvalue weighted by Gasteiger charge is 2.33. The molecule has 1 N–H and O–H groups in total. The zero-order chi connectivity index (χ0) is 16.4. The largest absolute Gasteiger partial charge is 0.304 e. The van der Waals surface area contributed by atoms with Crippen molar-refractivity contribution in [3.05, 3.63) is 31.0 Å². The number of rotatable bonds is 5. The van der Waals surface area contributed by atoms with Crippen molar-refractivity contribution in [3.63, 3.8) is 0 Å². The molecule has 2 heterocycles. The van der Waals surface area contributed by atoms with Gasteiger partial charge in [0.15, 0.2) is 0 Å². The maximum Gasteiger partial charge on any atom is 0.255 e. The molecule has 2 aromatic heterocycles. The molecule has 0 aliphatic heterocycles. The van der Waals surface area contributed by atoms with Gasteiger partial charge < -0.3 is 5.32 Å². The van der Waals surface area contributed by atoms with E-state index < -0.39 is 12.0 Å². The van der Waals surface area contributed by atoms with Crippen LogP contribution in [0.5, 0.6) is 0 Å². The van der Waals surface area contributed by atoms with Gasteiger partial charge in [0.25, 0.3) is 6.43 Å². The van der Waals surface area contributed by atoms with Crippen LogP contribution in [-0.4, -0.2) is 37.3 Å². The van der Waals surface area contributed by atoms with E-state index in [9.17, 15) is 8.78 Å². The topological polar surface area (TPSA) is 47.7 Å². The predicted octanol–water partition coefficient (Wildman–Crippen LogP) is 3.19. The van der Waals surface area contributed by atoms with E-state index in [1.807, 2.05) is 21.5 Å². The van der Waals surface area contributed by atoms with Gasteiger partial charge in [-0.15, -0.1) is 0 Å². The number of nitrogens with zero attached hydrogens (tertiary/aromatic N) is 4. The Hall–Kier alpha value is -1.76. The SMILES string of the molecule is CC(C)(NC1CCC(n2nccc2-n2ccnc2)CC1)C(F)F. The smallest absolute Gasteiger partial charge is 0.255 e. The second kappa shape index (κ2) is 6.39. The van der Waals surface area contributed by atoms with Crippen molar-refractivity contribution in [2.75, 3.05) is 0 Å². The minimum atomic E-state index is -2.36. The van der Waals surface area contributed by atoms with Crippen LogP contribution in [0.3, 0.4) is 0 Å². The van der Waals surface area contributed by atoms with Gasteiger partial charge in [0.1, 0.15) is 12.1 Å². The second-order valence-electron chi connectivity index (χ2n) is 6.78. The normalized spacial score (nSPS) is 22.7. The summed E-state index contributed by atoms with van der Waals surface area (Å²) < 4.78 is 30.0. The molecule has 1 aliphatic carbocycles. The van der Waals surface area contributed by atoms with Crippen molar-refractivity contribution in [1.29, 1.82) is 0 Å². The van der Waals surface area contributed by atoms with Gasteiger partial charge in [0, 0.05) is 24.5 Å².